The quantitative estimate of drug-likeness (QED) is 0.752. The number of carbonyl (C=O) groups excluding carboxylic acids is 2. The molecule has 1 aliphatic carbocycles. The van der Waals surface area contributed by atoms with Crippen LogP contribution in [0.3, 0.4) is 0 Å². The summed E-state index contributed by atoms with van der Waals surface area (Å²) in [6, 6.07) is -0.366. The van der Waals surface area contributed by atoms with Gasteiger partial charge in [0.1, 0.15) is 5.54 Å². The maximum atomic E-state index is 12.1. The molecule has 2 saturated heterocycles. The fourth-order valence-electron chi connectivity index (χ4n) is 4.44. The van der Waals surface area contributed by atoms with Crippen molar-refractivity contribution in [3.8, 4) is 0 Å². The maximum Gasteiger partial charge on any atom is 0.322 e. The van der Waals surface area contributed by atoms with E-state index >= 15 is 0 Å². The second kappa shape index (κ2) is 7.40. The first-order valence-corrected chi connectivity index (χ1v) is 9.46. The van der Waals surface area contributed by atoms with E-state index in [4.69, 9.17) is 4.74 Å². The van der Waals surface area contributed by atoms with Crippen LogP contribution in [0.25, 0.3) is 0 Å². The van der Waals surface area contributed by atoms with E-state index in [-0.39, 0.29) is 17.9 Å². The van der Waals surface area contributed by atoms with Gasteiger partial charge >= 0.3 is 6.03 Å². The first-order valence-electron chi connectivity index (χ1n) is 9.46. The highest BCUT2D eigenvalue weighted by Gasteiger charge is 2.48. The molecule has 2 N–H and O–H groups in total. The number of rotatable bonds is 5. The zero-order valence-corrected chi connectivity index (χ0v) is 15.0. The van der Waals surface area contributed by atoms with Crippen LogP contribution >= 0.6 is 0 Å². The van der Waals surface area contributed by atoms with Crippen LogP contribution in [-0.2, 0) is 9.53 Å². The molecule has 2 aliphatic heterocycles. The van der Waals surface area contributed by atoms with E-state index in [2.05, 4.69) is 22.5 Å². The predicted molar refractivity (Wildman–Crippen MR) is 91.6 cm³/mol. The Hall–Kier alpha value is -1.14. The summed E-state index contributed by atoms with van der Waals surface area (Å²) in [7, 11) is 0. The number of imide groups is 1. The Labute approximate surface area is 144 Å². The van der Waals surface area contributed by atoms with Gasteiger partial charge in [0.2, 0.25) is 0 Å². The zero-order valence-electron chi connectivity index (χ0n) is 15.0. The molecule has 3 amide bonds. The van der Waals surface area contributed by atoms with Crippen molar-refractivity contribution < 1.29 is 14.3 Å². The number of urea groups is 1. The van der Waals surface area contributed by atoms with Gasteiger partial charge in [0.25, 0.3) is 5.91 Å². The highest BCUT2D eigenvalue weighted by Crippen LogP contribution is 2.30. The molecular weight excluding hydrogens is 306 g/mol. The van der Waals surface area contributed by atoms with Crippen molar-refractivity contribution in [1.82, 2.24) is 15.5 Å². The molecule has 0 aromatic rings. The molecule has 6 heteroatoms. The minimum absolute atomic E-state index is 0.159. The van der Waals surface area contributed by atoms with Crippen molar-refractivity contribution in [2.24, 2.45) is 11.8 Å². The average molecular weight is 337 g/mol. The maximum absolute atomic E-state index is 12.1. The second-order valence-corrected chi connectivity index (χ2v) is 7.92. The van der Waals surface area contributed by atoms with Crippen LogP contribution in [0.4, 0.5) is 4.79 Å². The van der Waals surface area contributed by atoms with Crippen LogP contribution in [0.5, 0.6) is 0 Å². The van der Waals surface area contributed by atoms with Crippen molar-refractivity contribution in [3.63, 3.8) is 0 Å². The van der Waals surface area contributed by atoms with Crippen LogP contribution in [0.1, 0.15) is 52.4 Å². The molecule has 0 aromatic heterocycles. The first-order chi connectivity index (χ1) is 11.5. The molecule has 4 atom stereocenters. The smallest absolute Gasteiger partial charge is 0.322 e. The van der Waals surface area contributed by atoms with Gasteiger partial charge in [-0.1, -0.05) is 19.8 Å². The number of nitrogens with one attached hydrogen (secondary N) is 2. The van der Waals surface area contributed by atoms with E-state index in [1.54, 1.807) is 0 Å². The van der Waals surface area contributed by atoms with Crippen molar-refractivity contribution in [3.05, 3.63) is 0 Å². The molecule has 136 valence electrons. The van der Waals surface area contributed by atoms with Crippen LogP contribution in [-0.4, -0.2) is 54.7 Å². The van der Waals surface area contributed by atoms with Gasteiger partial charge in [-0.3, -0.25) is 10.1 Å². The highest BCUT2D eigenvalue weighted by atomic mass is 16.5. The standard InChI is InChI=1S/C18H31N3O3/c1-13-6-3-4-8-15(13)24-11-10-21-9-5-7-14(12-21)18(2)16(22)19-17(23)20-18/h13-15H,3-12H2,1-2H3,(H2,19,20,22,23)/t13-,14+,15+,18-/m1/s1. The van der Waals surface area contributed by atoms with Crippen molar-refractivity contribution >= 4 is 11.9 Å². The van der Waals surface area contributed by atoms with E-state index in [0.717, 1.165) is 39.1 Å². The van der Waals surface area contributed by atoms with Crippen molar-refractivity contribution in [1.29, 1.82) is 0 Å². The number of hydrogen-bond acceptors (Lipinski definition) is 4. The lowest BCUT2D eigenvalue weighted by Gasteiger charge is -2.39. The molecule has 2 heterocycles. The van der Waals surface area contributed by atoms with E-state index in [9.17, 15) is 9.59 Å². The lowest BCUT2D eigenvalue weighted by Crippen LogP contribution is -2.56. The molecule has 0 aromatic carbocycles. The summed E-state index contributed by atoms with van der Waals surface area (Å²) in [5, 5.41) is 5.20. The number of hydrogen-bond donors (Lipinski definition) is 2. The van der Waals surface area contributed by atoms with Gasteiger partial charge in [-0.15, -0.1) is 0 Å². The third-order valence-electron chi connectivity index (χ3n) is 6.17. The van der Waals surface area contributed by atoms with Crippen molar-refractivity contribution in [2.75, 3.05) is 26.2 Å². The first kappa shape index (κ1) is 17.7. The van der Waals surface area contributed by atoms with Gasteiger partial charge in [0.05, 0.1) is 12.7 Å². The molecule has 0 spiro atoms. The molecule has 3 fully saturated rings. The summed E-state index contributed by atoms with van der Waals surface area (Å²) in [6.45, 7) is 7.70. The molecule has 3 rings (SSSR count). The molecule has 0 bridgehead atoms. The van der Waals surface area contributed by atoms with Crippen LogP contribution in [0.15, 0.2) is 0 Å². The van der Waals surface area contributed by atoms with Gasteiger partial charge in [-0.05, 0) is 45.1 Å². The Kier molecular flexibility index (Phi) is 5.45. The molecule has 0 unspecified atom stereocenters. The Balaban J connectivity index is 1.47. The molecule has 24 heavy (non-hydrogen) atoms. The molecule has 6 nitrogen and oxygen atoms in total. The van der Waals surface area contributed by atoms with E-state index in [1.165, 1.54) is 25.7 Å². The minimum atomic E-state index is -0.769. The fourth-order valence-corrected chi connectivity index (χ4v) is 4.44. The SMILES string of the molecule is C[C@@H]1CCCC[C@@H]1OCCN1CCC[C@H]([C@@]2(C)NC(=O)NC2=O)C1. The van der Waals surface area contributed by atoms with Crippen LogP contribution in [0.2, 0.25) is 0 Å². The summed E-state index contributed by atoms with van der Waals surface area (Å²) in [6.07, 6.45) is 7.54. The number of piperidine rings is 1. The minimum Gasteiger partial charge on any atom is -0.377 e. The summed E-state index contributed by atoms with van der Waals surface area (Å²) >= 11 is 0. The Bertz CT molecular complexity index is 484. The van der Waals surface area contributed by atoms with Crippen LogP contribution < -0.4 is 10.6 Å². The average Bonchev–Trinajstić information content (AvgIpc) is 2.83. The number of carbonyl (C=O) groups is 2. The fraction of sp³-hybridized carbons (Fsp3) is 0.889. The Morgan fingerprint density at radius 3 is 2.71 bits per heavy atom. The van der Waals surface area contributed by atoms with Gasteiger partial charge in [-0.2, -0.15) is 0 Å². The van der Waals surface area contributed by atoms with E-state index in [0.29, 0.717) is 12.0 Å². The number of amides is 3. The highest BCUT2D eigenvalue weighted by molar-refractivity contribution is 6.06. The van der Waals surface area contributed by atoms with Gasteiger partial charge < -0.3 is 15.0 Å². The monoisotopic (exact) mass is 337 g/mol. The Morgan fingerprint density at radius 1 is 1.21 bits per heavy atom. The van der Waals surface area contributed by atoms with Gasteiger partial charge in [0.15, 0.2) is 0 Å². The predicted octanol–water partition coefficient (Wildman–Crippen LogP) is 1.89. The zero-order chi connectivity index (χ0) is 17.2. The van der Waals surface area contributed by atoms with Crippen molar-refractivity contribution in [2.45, 2.75) is 64.0 Å². The van der Waals surface area contributed by atoms with Crippen LogP contribution in [0, 0.1) is 11.8 Å². The number of nitrogens with zero attached hydrogens (tertiary/aromatic N) is 1. The van der Waals surface area contributed by atoms with Gasteiger partial charge in [0, 0.05) is 19.0 Å². The summed E-state index contributed by atoms with van der Waals surface area (Å²) in [4.78, 5) is 26.0. The molecule has 0 radical (unpaired) electrons. The molecular formula is C18H31N3O3. The number of ether oxygens (including phenoxy) is 1. The summed E-state index contributed by atoms with van der Waals surface area (Å²) in [5.74, 6) is 0.641. The summed E-state index contributed by atoms with van der Waals surface area (Å²) in [5.41, 5.74) is -0.769. The van der Waals surface area contributed by atoms with Gasteiger partial charge in [-0.25, -0.2) is 4.79 Å². The Morgan fingerprint density at radius 2 is 2.00 bits per heavy atom. The third kappa shape index (κ3) is 3.75. The molecule has 1 saturated carbocycles. The summed E-state index contributed by atoms with van der Waals surface area (Å²) < 4.78 is 6.13. The topological polar surface area (TPSA) is 70.7 Å². The lowest BCUT2D eigenvalue weighted by molar-refractivity contribution is -0.126. The number of likely N-dealkylation sites (tertiary alicyclic amines) is 1. The van der Waals surface area contributed by atoms with E-state index < -0.39 is 5.54 Å². The van der Waals surface area contributed by atoms with E-state index in [1.807, 2.05) is 6.92 Å². The molecule has 3 aliphatic rings. The second-order valence-electron chi connectivity index (χ2n) is 7.92. The largest absolute Gasteiger partial charge is 0.377 e. The normalized spacial score (nSPS) is 38.0. The lowest BCUT2D eigenvalue weighted by atomic mass is 9.80. The third-order valence-corrected chi connectivity index (χ3v) is 6.17.